The van der Waals surface area contributed by atoms with Gasteiger partial charge in [0.05, 0.1) is 22.9 Å². The van der Waals surface area contributed by atoms with Crippen molar-refractivity contribution in [2.24, 2.45) is 0 Å². The zero-order valence-electron chi connectivity index (χ0n) is 12.5. The van der Waals surface area contributed by atoms with Gasteiger partial charge in [-0.3, -0.25) is 15.1 Å². The van der Waals surface area contributed by atoms with Crippen LogP contribution in [0.2, 0.25) is 0 Å². The Bertz CT molecular complexity index is 934. The van der Waals surface area contributed by atoms with E-state index in [0.717, 1.165) is 11.0 Å². The molecule has 0 aliphatic carbocycles. The first-order valence-electron chi connectivity index (χ1n) is 7.16. The number of carbonyl (C=O) groups is 2. The molecule has 0 aliphatic rings. The molecule has 24 heavy (non-hydrogen) atoms. The van der Waals surface area contributed by atoms with Crippen LogP contribution in [0.15, 0.2) is 60.8 Å². The lowest BCUT2D eigenvalue weighted by molar-refractivity contribution is 0.104. The summed E-state index contributed by atoms with van der Waals surface area (Å²) in [6.07, 6.45) is 3.47. The summed E-state index contributed by atoms with van der Waals surface area (Å²) >= 11 is 0. The molecule has 0 saturated heterocycles. The fourth-order valence-electron chi connectivity index (χ4n) is 2.15. The van der Waals surface area contributed by atoms with Crippen LogP contribution in [0.25, 0.3) is 17.1 Å². The molecular weight excluding hydrogens is 306 g/mol. The van der Waals surface area contributed by atoms with Crippen molar-refractivity contribution in [3.05, 3.63) is 72.1 Å². The van der Waals surface area contributed by atoms with Gasteiger partial charge >= 0.3 is 6.09 Å². The maximum Gasteiger partial charge on any atom is 0.409 e. The predicted octanol–water partition coefficient (Wildman–Crippen LogP) is 3.62. The summed E-state index contributed by atoms with van der Waals surface area (Å²) in [5, 5.41) is 10.8. The number of nitrogens with zero attached hydrogens (tertiary/aromatic N) is 2. The predicted molar refractivity (Wildman–Crippen MR) is 91.0 cm³/mol. The molecule has 3 aromatic rings. The molecular formula is C18H13N3O3. The molecule has 1 amide bonds. The summed E-state index contributed by atoms with van der Waals surface area (Å²) in [4.78, 5) is 31.4. The standard InChI is InChI=1S/C18H13N3O3/c22-17(12-5-7-13(8-6-12)21-18(23)24)10-9-14-11-19-15-3-1-2-4-16(15)20-14/h1-11,21H,(H,23,24). The molecule has 6 heteroatoms. The second kappa shape index (κ2) is 6.70. The van der Waals surface area contributed by atoms with Gasteiger partial charge in [0.2, 0.25) is 0 Å². The number of rotatable bonds is 4. The highest BCUT2D eigenvalue weighted by Gasteiger charge is 2.04. The lowest BCUT2D eigenvalue weighted by Crippen LogP contribution is -2.07. The van der Waals surface area contributed by atoms with Crippen molar-refractivity contribution in [1.82, 2.24) is 9.97 Å². The lowest BCUT2D eigenvalue weighted by Gasteiger charge is -2.01. The fraction of sp³-hybridized carbons (Fsp3) is 0. The monoisotopic (exact) mass is 319 g/mol. The van der Waals surface area contributed by atoms with E-state index in [1.807, 2.05) is 24.3 Å². The molecule has 2 aromatic carbocycles. The number of carbonyl (C=O) groups excluding carboxylic acids is 1. The molecule has 0 fully saturated rings. The topological polar surface area (TPSA) is 92.2 Å². The second-order valence-corrected chi connectivity index (χ2v) is 4.99. The van der Waals surface area contributed by atoms with Crippen molar-refractivity contribution in [1.29, 1.82) is 0 Å². The number of fused-ring (bicyclic) bond motifs is 1. The van der Waals surface area contributed by atoms with Gasteiger partial charge in [0.1, 0.15) is 0 Å². The van der Waals surface area contributed by atoms with E-state index in [1.165, 1.54) is 18.2 Å². The van der Waals surface area contributed by atoms with E-state index in [1.54, 1.807) is 24.4 Å². The molecule has 0 atom stereocenters. The number of anilines is 1. The van der Waals surface area contributed by atoms with E-state index in [-0.39, 0.29) is 5.78 Å². The first-order chi connectivity index (χ1) is 11.6. The Balaban J connectivity index is 1.75. The van der Waals surface area contributed by atoms with E-state index < -0.39 is 6.09 Å². The quantitative estimate of drug-likeness (QED) is 0.566. The van der Waals surface area contributed by atoms with E-state index in [9.17, 15) is 9.59 Å². The van der Waals surface area contributed by atoms with Crippen molar-refractivity contribution in [3.63, 3.8) is 0 Å². The molecule has 6 nitrogen and oxygen atoms in total. The molecule has 0 aliphatic heterocycles. The largest absolute Gasteiger partial charge is 0.465 e. The summed E-state index contributed by atoms with van der Waals surface area (Å²) in [6, 6.07) is 13.7. The van der Waals surface area contributed by atoms with Gasteiger partial charge in [-0.15, -0.1) is 0 Å². The molecule has 3 rings (SSSR count). The molecule has 0 radical (unpaired) electrons. The Labute approximate surface area is 137 Å². The molecule has 2 N–H and O–H groups in total. The van der Waals surface area contributed by atoms with Crippen LogP contribution in [0.1, 0.15) is 16.1 Å². The van der Waals surface area contributed by atoms with Crippen LogP contribution in [-0.4, -0.2) is 27.0 Å². The van der Waals surface area contributed by atoms with E-state index >= 15 is 0 Å². The number of ketones is 1. The average molecular weight is 319 g/mol. The molecule has 0 spiro atoms. The van der Waals surface area contributed by atoms with E-state index in [4.69, 9.17) is 5.11 Å². The minimum Gasteiger partial charge on any atom is -0.465 e. The first kappa shape index (κ1) is 15.4. The van der Waals surface area contributed by atoms with Gasteiger partial charge in [-0.1, -0.05) is 12.1 Å². The van der Waals surface area contributed by atoms with Gasteiger partial charge in [-0.05, 0) is 48.6 Å². The number of benzene rings is 2. The number of nitrogens with one attached hydrogen (secondary N) is 1. The van der Waals surface area contributed by atoms with Crippen molar-refractivity contribution in [2.75, 3.05) is 5.32 Å². The van der Waals surface area contributed by atoms with Crippen LogP contribution in [0, 0.1) is 0 Å². The average Bonchev–Trinajstić information content (AvgIpc) is 2.59. The van der Waals surface area contributed by atoms with Crippen LogP contribution in [0.5, 0.6) is 0 Å². The SMILES string of the molecule is O=C(O)Nc1ccc(C(=O)C=Cc2cnc3ccccc3n2)cc1. The minimum absolute atomic E-state index is 0.202. The third kappa shape index (κ3) is 3.61. The number of carboxylic acid groups (broad SMARTS) is 1. The van der Waals surface area contributed by atoms with Crippen LogP contribution < -0.4 is 5.32 Å². The smallest absolute Gasteiger partial charge is 0.409 e. The van der Waals surface area contributed by atoms with Crippen molar-refractivity contribution in [3.8, 4) is 0 Å². The Morgan fingerprint density at radius 2 is 1.71 bits per heavy atom. The summed E-state index contributed by atoms with van der Waals surface area (Å²) in [5.74, 6) is -0.202. The van der Waals surface area contributed by atoms with E-state index in [0.29, 0.717) is 16.9 Å². The highest BCUT2D eigenvalue weighted by Crippen LogP contribution is 2.12. The summed E-state index contributed by atoms with van der Waals surface area (Å²) in [6.45, 7) is 0. The maximum absolute atomic E-state index is 12.1. The first-order valence-corrected chi connectivity index (χ1v) is 7.16. The fourth-order valence-corrected chi connectivity index (χ4v) is 2.15. The Morgan fingerprint density at radius 1 is 1.00 bits per heavy atom. The van der Waals surface area contributed by atoms with Gasteiger partial charge in [0, 0.05) is 11.3 Å². The highest BCUT2D eigenvalue weighted by atomic mass is 16.4. The number of para-hydroxylation sites is 2. The number of hydrogen-bond donors (Lipinski definition) is 2. The Morgan fingerprint density at radius 3 is 2.42 bits per heavy atom. The van der Waals surface area contributed by atoms with Gasteiger partial charge in [0.15, 0.2) is 5.78 Å². The van der Waals surface area contributed by atoms with Gasteiger partial charge in [0.25, 0.3) is 0 Å². The normalized spacial score (nSPS) is 10.8. The lowest BCUT2D eigenvalue weighted by atomic mass is 10.1. The molecule has 1 heterocycles. The maximum atomic E-state index is 12.1. The Kier molecular flexibility index (Phi) is 4.29. The highest BCUT2D eigenvalue weighted by molar-refractivity contribution is 6.07. The van der Waals surface area contributed by atoms with Crippen LogP contribution >= 0.6 is 0 Å². The third-order valence-corrected chi connectivity index (χ3v) is 3.29. The zero-order valence-corrected chi connectivity index (χ0v) is 12.5. The number of amides is 1. The van der Waals surface area contributed by atoms with Crippen LogP contribution in [-0.2, 0) is 0 Å². The van der Waals surface area contributed by atoms with Crippen molar-refractivity contribution < 1.29 is 14.7 Å². The Hall–Kier alpha value is -3.54. The molecule has 0 unspecified atom stereocenters. The van der Waals surface area contributed by atoms with Gasteiger partial charge in [-0.2, -0.15) is 0 Å². The zero-order chi connectivity index (χ0) is 16.9. The van der Waals surface area contributed by atoms with Crippen LogP contribution in [0.4, 0.5) is 10.5 Å². The minimum atomic E-state index is -1.15. The number of allylic oxidation sites excluding steroid dienone is 1. The molecule has 0 bridgehead atoms. The summed E-state index contributed by atoms with van der Waals surface area (Å²) < 4.78 is 0. The number of aromatic nitrogens is 2. The third-order valence-electron chi connectivity index (χ3n) is 3.29. The summed E-state index contributed by atoms with van der Waals surface area (Å²) in [7, 11) is 0. The summed E-state index contributed by atoms with van der Waals surface area (Å²) in [5.41, 5.74) is 3.00. The van der Waals surface area contributed by atoms with Gasteiger partial charge < -0.3 is 5.11 Å². The molecule has 1 aromatic heterocycles. The number of hydrogen-bond acceptors (Lipinski definition) is 4. The van der Waals surface area contributed by atoms with Crippen molar-refractivity contribution >= 4 is 34.7 Å². The second-order valence-electron chi connectivity index (χ2n) is 4.99. The molecule has 0 saturated carbocycles. The van der Waals surface area contributed by atoms with Crippen LogP contribution in [0.3, 0.4) is 0 Å². The van der Waals surface area contributed by atoms with E-state index in [2.05, 4.69) is 15.3 Å². The van der Waals surface area contributed by atoms with Gasteiger partial charge in [-0.25, -0.2) is 9.78 Å². The molecule has 118 valence electrons. The van der Waals surface area contributed by atoms with Crippen molar-refractivity contribution in [2.45, 2.75) is 0 Å².